The van der Waals surface area contributed by atoms with Gasteiger partial charge >= 0.3 is 18.9 Å². The van der Waals surface area contributed by atoms with Gasteiger partial charge in [0.25, 0.3) is 0 Å². The van der Waals surface area contributed by atoms with Crippen LogP contribution in [0.5, 0.6) is 0 Å². The molecule has 2 aromatic heterocycles. The fourth-order valence-electron chi connectivity index (χ4n) is 1.41. The van der Waals surface area contributed by atoms with Crippen LogP contribution < -0.4 is 18.9 Å². The Morgan fingerprint density at radius 1 is 1.06 bits per heavy atom. The molecule has 17 heavy (non-hydrogen) atoms. The Kier molecular flexibility index (Phi) is 3.74. The number of rotatable bonds is 2. The minimum absolute atomic E-state index is 0. The van der Waals surface area contributed by atoms with Crippen LogP contribution in [0, 0.1) is 5.38 Å². The van der Waals surface area contributed by atoms with E-state index >= 15 is 0 Å². The van der Waals surface area contributed by atoms with Crippen LogP contribution in [0.4, 0.5) is 0 Å². The van der Waals surface area contributed by atoms with Gasteiger partial charge in [-0.25, -0.2) is 0 Å². The normalized spacial score (nSPS) is 9.88. The summed E-state index contributed by atoms with van der Waals surface area (Å²) >= 11 is 1.51. The van der Waals surface area contributed by atoms with Gasteiger partial charge in [0.15, 0.2) is 0 Å². The summed E-state index contributed by atoms with van der Waals surface area (Å²) in [5.41, 5.74) is 2.02. The van der Waals surface area contributed by atoms with Gasteiger partial charge in [-0.1, -0.05) is 23.9 Å². The smallest absolute Gasteiger partial charge is 0.359 e. The molecule has 0 N–H and O–H groups in total. The Balaban J connectivity index is 0.00000108. The summed E-state index contributed by atoms with van der Waals surface area (Å²) in [7, 11) is 0. The van der Waals surface area contributed by atoms with Crippen LogP contribution >= 0.6 is 11.3 Å². The van der Waals surface area contributed by atoms with E-state index in [0.717, 1.165) is 16.3 Å². The maximum Gasteiger partial charge on any atom is 1.00 e. The summed E-state index contributed by atoms with van der Waals surface area (Å²) < 4.78 is 0. The molecule has 4 nitrogen and oxygen atoms in total. The number of hydrogen-bond acceptors (Lipinski definition) is 4. The average Bonchev–Trinajstić information content (AvgIpc) is 3.03. The van der Waals surface area contributed by atoms with E-state index < -0.39 is 0 Å². The molecule has 0 fully saturated rings. The van der Waals surface area contributed by atoms with E-state index in [4.69, 9.17) is 0 Å². The topological polar surface area (TPSA) is 43.6 Å². The van der Waals surface area contributed by atoms with Crippen LogP contribution in [0.15, 0.2) is 42.9 Å². The molecule has 0 saturated heterocycles. The Bertz CT molecular complexity index is 507. The van der Waals surface area contributed by atoms with E-state index in [9.17, 15) is 0 Å². The van der Waals surface area contributed by atoms with Gasteiger partial charge in [-0.15, -0.1) is 0 Å². The molecule has 0 aliphatic rings. The molecule has 3 aromatic rings. The van der Waals surface area contributed by atoms with E-state index in [2.05, 4.69) is 20.6 Å². The Morgan fingerprint density at radius 3 is 2.35 bits per heavy atom. The number of aromatic nitrogens is 4. The number of hydrogen-bond donors (Lipinski definition) is 0. The number of benzene rings is 1. The minimum Gasteiger partial charge on any atom is -0.359 e. The molecule has 6 heteroatoms. The molecule has 0 aliphatic heterocycles. The van der Waals surface area contributed by atoms with Crippen LogP contribution in [0.25, 0.3) is 16.3 Å². The fraction of sp³-hybridized carbons (Fsp3) is 0. The van der Waals surface area contributed by atoms with Crippen molar-refractivity contribution in [2.75, 3.05) is 0 Å². The van der Waals surface area contributed by atoms with Crippen molar-refractivity contribution in [3.05, 3.63) is 48.2 Å². The SMILES string of the molecule is [Li+].[c-]1cnc(-c2ccc(-n3nccn3)cc2)s1. The summed E-state index contributed by atoms with van der Waals surface area (Å²) in [6.45, 7) is 0. The van der Waals surface area contributed by atoms with Crippen LogP contribution in [-0.2, 0) is 0 Å². The van der Waals surface area contributed by atoms with Crippen molar-refractivity contribution in [2.45, 2.75) is 0 Å². The van der Waals surface area contributed by atoms with Crippen molar-refractivity contribution < 1.29 is 18.9 Å². The number of thiazole rings is 1. The Morgan fingerprint density at radius 2 is 1.76 bits per heavy atom. The van der Waals surface area contributed by atoms with Gasteiger partial charge < -0.3 is 16.3 Å². The van der Waals surface area contributed by atoms with Gasteiger partial charge in [0.05, 0.1) is 18.1 Å². The first-order valence-electron chi connectivity index (χ1n) is 4.72. The van der Waals surface area contributed by atoms with Crippen LogP contribution in [-0.4, -0.2) is 20.0 Å². The average molecular weight is 234 g/mol. The zero-order chi connectivity index (χ0) is 10.8. The predicted octanol–water partition coefficient (Wildman–Crippen LogP) is -0.805. The second-order valence-corrected chi connectivity index (χ2v) is 3.98. The molecule has 0 bridgehead atoms. The van der Waals surface area contributed by atoms with Gasteiger partial charge in [0.2, 0.25) is 0 Å². The van der Waals surface area contributed by atoms with Gasteiger partial charge in [-0.05, 0) is 17.1 Å². The first-order valence-corrected chi connectivity index (χ1v) is 5.54. The summed E-state index contributed by atoms with van der Waals surface area (Å²) in [4.78, 5) is 5.78. The minimum atomic E-state index is 0. The second kappa shape index (κ2) is 5.28. The summed E-state index contributed by atoms with van der Waals surface area (Å²) in [6.07, 6.45) is 5.00. The van der Waals surface area contributed by atoms with Gasteiger partial charge in [0, 0.05) is 0 Å². The molecular formula is C11H7LiN4S. The zero-order valence-electron chi connectivity index (χ0n) is 9.24. The zero-order valence-corrected chi connectivity index (χ0v) is 10.1. The predicted molar refractivity (Wildman–Crippen MR) is 61.3 cm³/mol. The molecule has 0 saturated carbocycles. The molecule has 78 valence electrons. The third-order valence-corrected chi connectivity index (χ3v) is 2.91. The first kappa shape index (κ1) is 12.1. The van der Waals surface area contributed by atoms with E-state index in [0.29, 0.717) is 0 Å². The van der Waals surface area contributed by atoms with E-state index in [-0.39, 0.29) is 18.9 Å². The van der Waals surface area contributed by atoms with Crippen LogP contribution in [0.2, 0.25) is 0 Å². The summed E-state index contributed by atoms with van der Waals surface area (Å²) in [6, 6.07) is 7.95. The molecule has 0 spiro atoms. The van der Waals surface area contributed by atoms with Crippen molar-refractivity contribution in [3.8, 4) is 16.3 Å². The van der Waals surface area contributed by atoms with Crippen molar-refractivity contribution in [3.63, 3.8) is 0 Å². The van der Waals surface area contributed by atoms with Crippen molar-refractivity contribution in [2.24, 2.45) is 0 Å². The van der Waals surface area contributed by atoms with Gasteiger partial charge in [0.1, 0.15) is 0 Å². The molecule has 0 unspecified atom stereocenters. The number of nitrogens with zero attached hydrogens (tertiary/aromatic N) is 4. The van der Waals surface area contributed by atoms with Gasteiger partial charge in [-0.2, -0.15) is 20.4 Å². The quantitative estimate of drug-likeness (QED) is 0.430. The molecule has 0 radical (unpaired) electrons. The molecule has 1 aromatic carbocycles. The van der Waals surface area contributed by atoms with E-state index in [1.54, 1.807) is 23.4 Å². The van der Waals surface area contributed by atoms with Gasteiger partial charge in [-0.3, -0.25) is 0 Å². The molecule has 0 amide bonds. The maximum absolute atomic E-state index is 4.20. The largest absolute Gasteiger partial charge is 1.00 e. The van der Waals surface area contributed by atoms with E-state index in [1.165, 1.54) is 11.3 Å². The van der Waals surface area contributed by atoms with Crippen molar-refractivity contribution in [1.82, 2.24) is 20.0 Å². The first-order chi connectivity index (χ1) is 7.93. The Labute approximate surface area is 114 Å². The summed E-state index contributed by atoms with van der Waals surface area (Å²) in [5, 5.41) is 12.1. The van der Waals surface area contributed by atoms with Crippen LogP contribution in [0.1, 0.15) is 0 Å². The molecule has 0 atom stereocenters. The second-order valence-electron chi connectivity index (χ2n) is 3.15. The molecule has 3 rings (SSSR count). The third kappa shape index (κ3) is 2.47. The van der Waals surface area contributed by atoms with Crippen molar-refractivity contribution >= 4 is 11.3 Å². The summed E-state index contributed by atoms with van der Waals surface area (Å²) in [5.74, 6) is 0. The fourth-order valence-corrected chi connectivity index (χ4v) is 1.99. The molecular weight excluding hydrogens is 227 g/mol. The third-order valence-electron chi connectivity index (χ3n) is 2.15. The monoisotopic (exact) mass is 234 g/mol. The Hall–Kier alpha value is -1.41. The van der Waals surface area contributed by atoms with Crippen molar-refractivity contribution in [1.29, 1.82) is 0 Å². The van der Waals surface area contributed by atoms with E-state index in [1.807, 2.05) is 24.3 Å². The molecule has 2 heterocycles. The van der Waals surface area contributed by atoms with Crippen LogP contribution in [0.3, 0.4) is 0 Å². The molecule has 0 aliphatic carbocycles. The standard InChI is InChI=1S/C11H7N4S.Li/c1-3-10(15-13-5-6-14-15)4-2-9(1)11-12-7-8-16-11;/h1-7H;/q-1;+1. The maximum atomic E-state index is 4.20.